The van der Waals surface area contributed by atoms with Gasteiger partial charge in [0.15, 0.2) is 0 Å². The Morgan fingerprint density at radius 1 is 1.35 bits per heavy atom. The molecule has 1 saturated carbocycles. The van der Waals surface area contributed by atoms with Gasteiger partial charge in [-0.2, -0.15) is 0 Å². The lowest BCUT2D eigenvalue weighted by Gasteiger charge is -2.17. The minimum Gasteiger partial charge on any atom is -0.352 e. The highest BCUT2D eigenvalue weighted by Crippen LogP contribution is 2.17. The first-order valence-corrected chi connectivity index (χ1v) is 6.74. The van der Waals surface area contributed by atoms with Crippen LogP contribution >= 0.6 is 15.9 Å². The van der Waals surface area contributed by atoms with E-state index in [0.29, 0.717) is 6.42 Å². The fourth-order valence-corrected chi connectivity index (χ4v) is 2.48. The molecule has 0 spiro atoms. The van der Waals surface area contributed by atoms with Crippen LogP contribution in [0.1, 0.15) is 24.8 Å². The van der Waals surface area contributed by atoms with Crippen molar-refractivity contribution in [2.75, 3.05) is 0 Å². The highest BCUT2D eigenvalue weighted by Gasteiger charge is 2.24. The lowest BCUT2D eigenvalue weighted by Crippen LogP contribution is -2.44. The van der Waals surface area contributed by atoms with Crippen LogP contribution in [0.2, 0.25) is 0 Å². The average molecular weight is 297 g/mol. The molecule has 0 heterocycles. The number of nitrogens with one attached hydrogen (secondary N) is 1. The Balaban J connectivity index is 1.86. The fourth-order valence-electron chi connectivity index (χ4n) is 2.21. The predicted octanol–water partition coefficient (Wildman–Crippen LogP) is 1.99. The van der Waals surface area contributed by atoms with Crippen LogP contribution in [0.5, 0.6) is 0 Å². The first kappa shape index (κ1) is 12.6. The molecule has 3 N–H and O–H groups in total. The van der Waals surface area contributed by atoms with Crippen molar-refractivity contribution < 1.29 is 4.79 Å². The van der Waals surface area contributed by atoms with Gasteiger partial charge in [0.1, 0.15) is 0 Å². The van der Waals surface area contributed by atoms with Gasteiger partial charge in [-0.3, -0.25) is 4.79 Å². The molecule has 1 fully saturated rings. The number of amides is 1. The lowest BCUT2D eigenvalue weighted by molar-refractivity contribution is -0.121. The monoisotopic (exact) mass is 296 g/mol. The third kappa shape index (κ3) is 3.54. The molecule has 4 heteroatoms. The maximum Gasteiger partial charge on any atom is 0.224 e. The van der Waals surface area contributed by atoms with E-state index in [1.807, 2.05) is 24.3 Å². The standard InChI is InChI=1S/C13H17BrN2O/c14-10-6-4-9(5-7-10)8-13(17)16-12-3-1-2-11(12)15/h4-7,11-12H,1-3,8,15H2,(H,16,17). The van der Waals surface area contributed by atoms with Gasteiger partial charge in [-0.05, 0) is 37.0 Å². The molecular formula is C13H17BrN2O. The van der Waals surface area contributed by atoms with Gasteiger partial charge in [0, 0.05) is 16.6 Å². The van der Waals surface area contributed by atoms with Gasteiger partial charge in [0.2, 0.25) is 5.91 Å². The van der Waals surface area contributed by atoms with Crippen molar-refractivity contribution in [1.82, 2.24) is 5.32 Å². The van der Waals surface area contributed by atoms with E-state index in [0.717, 1.165) is 29.3 Å². The number of benzene rings is 1. The predicted molar refractivity (Wildman–Crippen MR) is 71.6 cm³/mol. The quantitative estimate of drug-likeness (QED) is 0.896. The summed E-state index contributed by atoms with van der Waals surface area (Å²) in [5.74, 6) is 0.0645. The summed E-state index contributed by atoms with van der Waals surface area (Å²) < 4.78 is 1.03. The molecule has 2 atom stereocenters. The highest BCUT2D eigenvalue weighted by molar-refractivity contribution is 9.10. The minimum absolute atomic E-state index is 0.0645. The van der Waals surface area contributed by atoms with E-state index >= 15 is 0 Å². The largest absolute Gasteiger partial charge is 0.352 e. The molecule has 17 heavy (non-hydrogen) atoms. The van der Waals surface area contributed by atoms with E-state index in [9.17, 15) is 4.79 Å². The zero-order valence-electron chi connectivity index (χ0n) is 9.66. The normalized spacial score (nSPS) is 23.6. The fraction of sp³-hybridized carbons (Fsp3) is 0.462. The Morgan fingerprint density at radius 3 is 2.65 bits per heavy atom. The Bertz CT molecular complexity index is 391. The van der Waals surface area contributed by atoms with Gasteiger partial charge in [0.25, 0.3) is 0 Å². The van der Waals surface area contributed by atoms with Gasteiger partial charge < -0.3 is 11.1 Å². The summed E-state index contributed by atoms with van der Waals surface area (Å²) in [5, 5.41) is 3.02. The molecule has 0 saturated heterocycles. The smallest absolute Gasteiger partial charge is 0.224 e. The van der Waals surface area contributed by atoms with Crippen molar-refractivity contribution in [1.29, 1.82) is 0 Å². The molecule has 3 nitrogen and oxygen atoms in total. The number of hydrogen-bond donors (Lipinski definition) is 2. The number of carbonyl (C=O) groups excluding carboxylic acids is 1. The van der Waals surface area contributed by atoms with E-state index in [-0.39, 0.29) is 18.0 Å². The minimum atomic E-state index is 0.0645. The van der Waals surface area contributed by atoms with Crippen LogP contribution in [0.4, 0.5) is 0 Å². The molecule has 1 aliphatic rings. The van der Waals surface area contributed by atoms with Crippen LogP contribution in [0.25, 0.3) is 0 Å². The maximum atomic E-state index is 11.8. The van der Waals surface area contributed by atoms with Crippen molar-refractivity contribution in [2.45, 2.75) is 37.8 Å². The van der Waals surface area contributed by atoms with E-state index in [1.165, 1.54) is 0 Å². The zero-order valence-corrected chi connectivity index (χ0v) is 11.2. The van der Waals surface area contributed by atoms with Gasteiger partial charge in [-0.15, -0.1) is 0 Å². The van der Waals surface area contributed by atoms with Gasteiger partial charge in [0.05, 0.1) is 6.42 Å². The molecule has 1 aromatic rings. The second kappa shape index (κ2) is 5.65. The second-order valence-electron chi connectivity index (χ2n) is 4.57. The Morgan fingerprint density at radius 2 is 2.06 bits per heavy atom. The summed E-state index contributed by atoms with van der Waals surface area (Å²) in [5.41, 5.74) is 6.94. The lowest BCUT2D eigenvalue weighted by atomic mass is 10.1. The molecule has 1 aliphatic carbocycles. The highest BCUT2D eigenvalue weighted by atomic mass is 79.9. The average Bonchev–Trinajstić information content (AvgIpc) is 2.68. The maximum absolute atomic E-state index is 11.8. The third-order valence-electron chi connectivity index (χ3n) is 3.19. The number of halogens is 1. The summed E-state index contributed by atoms with van der Waals surface area (Å²) in [6, 6.07) is 8.10. The van der Waals surface area contributed by atoms with E-state index < -0.39 is 0 Å². The Kier molecular flexibility index (Phi) is 4.18. The summed E-state index contributed by atoms with van der Waals surface area (Å²) in [4.78, 5) is 11.8. The van der Waals surface area contributed by atoms with E-state index in [1.54, 1.807) is 0 Å². The van der Waals surface area contributed by atoms with Crippen LogP contribution < -0.4 is 11.1 Å². The second-order valence-corrected chi connectivity index (χ2v) is 5.49. The molecule has 2 unspecified atom stereocenters. The van der Waals surface area contributed by atoms with Crippen molar-refractivity contribution in [3.05, 3.63) is 34.3 Å². The van der Waals surface area contributed by atoms with E-state index in [2.05, 4.69) is 21.2 Å². The Hall–Kier alpha value is -0.870. The van der Waals surface area contributed by atoms with Crippen molar-refractivity contribution in [3.63, 3.8) is 0 Å². The van der Waals surface area contributed by atoms with Crippen molar-refractivity contribution >= 4 is 21.8 Å². The summed E-state index contributed by atoms with van der Waals surface area (Å²) in [7, 11) is 0. The van der Waals surface area contributed by atoms with Gasteiger partial charge in [-0.25, -0.2) is 0 Å². The molecule has 2 rings (SSSR count). The number of nitrogens with two attached hydrogens (primary N) is 1. The number of rotatable bonds is 3. The summed E-state index contributed by atoms with van der Waals surface area (Å²) in [6.07, 6.45) is 3.57. The number of carbonyl (C=O) groups is 1. The SMILES string of the molecule is NC1CCCC1NC(=O)Cc1ccc(Br)cc1. The van der Waals surface area contributed by atoms with Gasteiger partial charge in [-0.1, -0.05) is 28.1 Å². The molecule has 1 aromatic carbocycles. The molecule has 0 aliphatic heterocycles. The van der Waals surface area contributed by atoms with Crippen LogP contribution in [-0.4, -0.2) is 18.0 Å². The van der Waals surface area contributed by atoms with Crippen LogP contribution in [-0.2, 0) is 11.2 Å². The molecular weight excluding hydrogens is 280 g/mol. The first-order valence-electron chi connectivity index (χ1n) is 5.94. The molecule has 0 radical (unpaired) electrons. The topological polar surface area (TPSA) is 55.1 Å². The first-order chi connectivity index (χ1) is 8.15. The van der Waals surface area contributed by atoms with Crippen molar-refractivity contribution in [3.8, 4) is 0 Å². The van der Waals surface area contributed by atoms with Gasteiger partial charge >= 0.3 is 0 Å². The van der Waals surface area contributed by atoms with Crippen molar-refractivity contribution in [2.24, 2.45) is 5.73 Å². The molecule has 1 amide bonds. The molecule has 92 valence electrons. The van der Waals surface area contributed by atoms with E-state index in [4.69, 9.17) is 5.73 Å². The Labute approximate surface area is 110 Å². The molecule has 0 bridgehead atoms. The third-order valence-corrected chi connectivity index (χ3v) is 3.72. The van der Waals surface area contributed by atoms with Crippen LogP contribution in [0.3, 0.4) is 0 Å². The summed E-state index contributed by atoms with van der Waals surface area (Å²) >= 11 is 3.37. The summed E-state index contributed by atoms with van der Waals surface area (Å²) in [6.45, 7) is 0. The van der Waals surface area contributed by atoms with Crippen LogP contribution in [0.15, 0.2) is 28.7 Å². The number of hydrogen-bond acceptors (Lipinski definition) is 2. The van der Waals surface area contributed by atoms with Crippen LogP contribution in [0, 0.1) is 0 Å². The molecule has 0 aromatic heterocycles. The zero-order chi connectivity index (χ0) is 12.3.